The summed E-state index contributed by atoms with van der Waals surface area (Å²) in [7, 11) is 3.89. The first-order chi connectivity index (χ1) is 4.20. The molecule has 50 valence electrons. The van der Waals surface area contributed by atoms with Gasteiger partial charge in [0.1, 0.15) is 10.0 Å². The Morgan fingerprint density at radius 1 is 1.78 bits per heavy atom. The minimum absolute atomic E-state index is 0.631. The van der Waals surface area contributed by atoms with Gasteiger partial charge in [0, 0.05) is 5.38 Å². The van der Waals surface area contributed by atoms with Crippen LogP contribution in [0, 0.1) is 0 Å². The van der Waals surface area contributed by atoms with Gasteiger partial charge in [0.15, 0.2) is 0 Å². The average molecular weight is 199 g/mol. The maximum Gasteiger partial charge on any atom is 0.148 e. The fourth-order valence-corrected chi connectivity index (χ4v) is 2.47. The van der Waals surface area contributed by atoms with Crippen LogP contribution in [0.25, 0.3) is 0 Å². The van der Waals surface area contributed by atoms with E-state index in [1.54, 1.807) is 11.4 Å². The first-order valence-corrected chi connectivity index (χ1v) is 5.36. The summed E-state index contributed by atoms with van der Waals surface area (Å²) in [6.45, 7) is 0. The molecular weight excluding hydrogens is 196 g/mol. The normalized spacial score (nSPS) is 13.6. The molecule has 0 radical (unpaired) electrons. The zero-order chi connectivity index (χ0) is 6.85. The van der Waals surface area contributed by atoms with Crippen molar-refractivity contribution in [2.45, 2.75) is 9.10 Å². The molecule has 1 rings (SSSR count). The van der Waals surface area contributed by atoms with Crippen LogP contribution in [-0.2, 0) is 10.0 Å². The van der Waals surface area contributed by atoms with Crippen LogP contribution in [0.5, 0.6) is 0 Å². The molecule has 1 aromatic rings. The second-order valence-corrected chi connectivity index (χ2v) is 4.80. The van der Waals surface area contributed by atoms with Crippen LogP contribution in [0.3, 0.4) is 0 Å². The molecule has 0 saturated carbocycles. The zero-order valence-corrected chi connectivity index (χ0v) is 7.49. The molecule has 1 aromatic heterocycles. The number of rotatable bonds is 1. The molecule has 1 heterocycles. The highest BCUT2D eigenvalue weighted by Crippen LogP contribution is 2.21. The van der Waals surface area contributed by atoms with Gasteiger partial charge in [-0.25, -0.2) is 4.21 Å². The largest absolute Gasteiger partial charge is 0.237 e. The van der Waals surface area contributed by atoms with Gasteiger partial charge in [-0.05, 0) is 16.7 Å². The van der Waals surface area contributed by atoms with E-state index in [2.05, 4.69) is 12.6 Å². The van der Waals surface area contributed by atoms with Crippen LogP contribution in [0.4, 0.5) is 0 Å². The molecule has 0 aliphatic heterocycles. The van der Waals surface area contributed by atoms with Gasteiger partial charge < -0.3 is 0 Å². The molecule has 0 spiro atoms. The Morgan fingerprint density at radius 3 is 2.67 bits per heavy atom. The number of thiophene rings is 1. The lowest BCUT2D eigenvalue weighted by molar-refractivity contribution is 0.691. The van der Waals surface area contributed by atoms with E-state index in [9.17, 15) is 4.21 Å². The molecule has 0 aromatic carbocycles. The molecule has 1 atom stereocenters. The van der Waals surface area contributed by atoms with Gasteiger partial charge in [-0.2, -0.15) is 0 Å². The van der Waals surface area contributed by atoms with E-state index in [0.717, 1.165) is 4.21 Å². The molecule has 0 amide bonds. The number of hydrogen-bond acceptors (Lipinski definition) is 3. The van der Waals surface area contributed by atoms with Crippen LogP contribution < -0.4 is 0 Å². The summed E-state index contributed by atoms with van der Waals surface area (Å²) in [6.07, 6.45) is 0. The first kappa shape index (κ1) is 7.60. The summed E-state index contributed by atoms with van der Waals surface area (Å²) in [6, 6.07) is 1.69. The molecule has 0 fully saturated rings. The lowest BCUT2D eigenvalue weighted by atomic mass is 10.7. The van der Waals surface area contributed by atoms with E-state index in [0.29, 0.717) is 4.90 Å². The van der Waals surface area contributed by atoms with Crippen LogP contribution in [0.2, 0.25) is 0 Å². The van der Waals surface area contributed by atoms with Crippen LogP contribution >= 0.6 is 34.6 Å². The van der Waals surface area contributed by atoms with Crippen LogP contribution in [0.15, 0.2) is 20.6 Å². The Labute approximate surface area is 69.4 Å². The van der Waals surface area contributed by atoms with Gasteiger partial charge in [0.2, 0.25) is 0 Å². The van der Waals surface area contributed by atoms with Gasteiger partial charge in [-0.15, -0.1) is 24.0 Å². The molecule has 9 heavy (non-hydrogen) atoms. The first-order valence-electron chi connectivity index (χ1n) is 2.05. The number of halogens is 1. The molecular formula is C4H3ClOS3. The maximum absolute atomic E-state index is 10.5. The number of thiol groups is 1. The van der Waals surface area contributed by atoms with E-state index in [-0.39, 0.29) is 0 Å². The van der Waals surface area contributed by atoms with E-state index in [1.807, 2.05) is 0 Å². The van der Waals surface area contributed by atoms with Gasteiger partial charge in [0.25, 0.3) is 0 Å². The fraction of sp³-hybridized carbons (Fsp3) is 0. The highest BCUT2D eigenvalue weighted by Gasteiger charge is 2.00. The predicted octanol–water partition coefficient (Wildman–Crippen LogP) is 2.30. The highest BCUT2D eigenvalue weighted by molar-refractivity contribution is 8.08. The summed E-state index contributed by atoms with van der Waals surface area (Å²) < 4.78 is 11.3. The van der Waals surface area contributed by atoms with Gasteiger partial charge in [-0.3, -0.25) is 0 Å². The van der Waals surface area contributed by atoms with Crippen molar-refractivity contribution in [3.8, 4) is 0 Å². The third kappa shape index (κ3) is 1.97. The maximum atomic E-state index is 10.5. The predicted molar refractivity (Wildman–Crippen MR) is 43.8 cm³/mol. The third-order valence-corrected chi connectivity index (χ3v) is 3.21. The van der Waals surface area contributed by atoms with Crippen molar-refractivity contribution in [1.82, 2.24) is 0 Å². The van der Waals surface area contributed by atoms with E-state index >= 15 is 0 Å². The van der Waals surface area contributed by atoms with Crippen molar-refractivity contribution in [1.29, 1.82) is 0 Å². The standard InChI is InChI=1S/C4H3ClOS3/c5-9(6)3-1-4(7)8-2-3/h1-2,7H. The van der Waals surface area contributed by atoms with E-state index in [1.165, 1.54) is 11.3 Å². The van der Waals surface area contributed by atoms with Crippen molar-refractivity contribution < 1.29 is 4.21 Å². The third-order valence-electron chi connectivity index (χ3n) is 0.747. The second-order valence-electron chi connectivity index (χ2n) is 1.34. The van der Waals surface area contributed by atoms with E-state index in [4.69, 9.17) is 10.7 Å². The molecule has 1 nitrogen and oxygen atoms in total. The Hall–Kier alpha value is 0.490. The Kier molecular flexibility index (Phi) is 2.58. The van der Waals surface area contributed by atoms with Crippen molar-refractivity contribution in [3.05, 3.63) is 11.4 Å². The van der Waals surface area contributed by atoms with Crippen molar-refractivity contribution in [2.75, 3.05) is 0 Å². The lowest BCUT2D eigenvalue weighted by Gasteiger charge is -1.79. The van der Waals surface area contributed by atoms with Crippen molar-refractivity contribution >= 4 is 44.7 Å². The Morgan fingerprint density at radius 2 is 2.44 bits per heavy atom. The monoisotopic (exact) mass is 198 g/mol. The quantitative estimate of drug-likeness (QED) is 0.542. The molecule has 0 aliphatic rings. The topological polar surface area (TPSA) is 17.1 Å². The van der Waals surface area contributed by atoms with Crippen molar-refractivity contribution in [3.63, 3.8) is 0 Å². The lowest BCUT2D eigenvalue weighted by Crippen LogP contribution is -1.71. The summed E-state index contributed by atoms with van der Waals surface area (Å²) in [5, 5.41) is 1.73. The minimum Gasteiger partial charge on any atom is -0.237 e. The summed E-state index contributed by atoms with van der Waals surface area (Å²) >= 11 is 5.44. The van der Waals surface area contributed by atoms with Gasteiger partial charge >= 0.3 is 0 Å². The summed E-state index contributed by atoms with van der Waals surface area (Å²) in [5.74, 6) is 0. The number of hydrogen-bond donors (Lipinski definition) is 1. The van der Waals surface area contributed by atoms with Crippen LogP contribution in [0.1, 0.15) is 0 Å². The molecule has 0 saturated heterocycles. The molecule has 5 heteroatoms. The minimum atomic E-state index is -1.37. The summed E-state index contributed by atoms with van der Waals surface area (Å²) in [5.41, 5.74) is 0. The molecule has 1 unspecified atom stereocenters. The van der Waals surface area contributed by atoms with Gasteiger partial charge in [0.05, 0.1) is 9.10 Å². The van der Waals surface area contributed by atoms with Crippen LogP contribution in [-0.4, -0.2) is 4.21 Å². The van der Waals surface area contributed by atoms with Gasteiger partial charge in [-0.1, -0.05) is 0 Å². The Balaban J connectivity index is 2.98. The summed E-state index contributed by atoms with van der Waals surface area (Å²) in [4.78, 5) is 0.631. The Bertz CT molecular complexity index is 231. The highest BCUT2D eigenvalue weighted by atomic mass is 35.7. The van der Waals surface area contributed by atoms with E-state index < -0.39 is 10.0 Å². The molecule has 0 bridgehead atoms. The molecule has 0 aliphatic carbocycles. The second kappa shape index (κ2) is 3.05. The fourth-order valence-electron chi connectivity index (χ4n) is 0.392. The molecule has 0 N–H and O–H groups in total. The SMILES string of the molecule is O=S(Cl)c1csc(S)c1. The average Bonchev–Trinajstić information content (AvgIpc) is 2.14. The smallest absolute Gasteiger partial charge is 0.148 e. The zero-order valence-electron chi connectivity index (χ0n) is 4.20. The van der Waals surface area contributed by atoms with Crippen molar-refractivity contribution in [2.24, 2.45) is 0 Å².